The minimum atomic E-state index is -0.374. The smallest absolute Gasteiger partial charge is 0.312 e. The summed E-state index contributed by atoms with van der Waals surface area (Å²) in [4.78, 5) is 26.7. The number of rotatable bonds is 1. The van der Waals surface area contributed by atoms with E-state index in [1.165, 1.54) is 4.90 Å². The molecule has 2 amide bonds. The molecule has 1 N–H and O–H groups in total. The van der Waals surface area contributed by atoms with Crippen molar-refractivity contribution in [2.75, 3.05) is 26.7 Å². The maximum Gasteiger partial charge on any atom is 0.312 e. The third-order valence-corrected chi connectivity index (χ3v) is 3.36. The van der Waals surface area contributed by atoms with Crippen LogP contribution in [0.2, 0.25) is 0 Å². The van der Waals surface area contributed by atoms with Crippen LogP contribution in [0.25, 0.3) is 0 Å². The van der Waals surface area contributed by atoms with Crippen molar-refractivity contribution < 1.29 is 9.59 Å². The number of likely N-dealkylation sites (N-methyl/N-ethyl adjacent to an activating group) is 1. The summed E-state index contributed by atoms with van der Waals surface area (Å²) in [5.41, 5.74) is 0. The van der Waals surface area contributed by atoms with Gasteiger partial charge in [0, 0.05) is 32.2 Å². The lowest BCUT2D eigenvalue weighted by molar-refractivity contribution is -0.158. The second kappa shape index (κ2) is 3.81. The Morgan fingerprint density at radius 2 is 2.07 bits per heavy atom. The fourth-order valence-electron chi connectivity index (χ4n) is 2.18. The van der Waals surface area contributed by atoms with Crippen LogP contribution in [0.5, 0.6) is 0 Å². The van der Waals surface area contributed by atoms with Gasteiger partial charge >= 0.3 is 11.8 Å². The zero-order valence-electron chi connectivity index (χ0n) is 9.19. The van der Waals surface area contributed by atoms with Crippen molar-refractivity contribution in [3.05, 3.63) is 0 Å². The second-order valence-electron chi connectivity index (χ2n) is 4.37. The first-order chi connectivity index (χ1) is 7.11. The lowest BCUT2D eigenvalue weighted by atomic mass is 10.1. The molecule has 2 atom stereocenters. The summed E-state index contributed by atoms with van der Waals surface area (Å²) < 4.78 is 0. The summed E-state index contributed by atoms with van der Waals surface area (Å²) in [6, 6.07) is 0.327. The van der Waals surface area contributed by atoms with E-state index in [0.717, 1.165) is 19.5 Å². The van der Waals surface area contributed by atoms with E-state index in [9.17, 15) is 9.59 Å². The number of piperazine rings is 1. The van der Waals surface area contributed by atoms with Gasteiger partial charge in [0.05, 0.1) is 0 Å². The lowest BCUT2D eigenvalue weighted by Gasteiger charge is -2.39. The predicted molar refractivity (Wildman–Crippen MR) is 55.2 cm³/mol. The Hall–Kier alpha value is -1.10. The van der Waals surface area contributed by atoms with Crippen molar-refractivity contribution in [3.8, 4) is 0 Å². The van der Waals surface area contributed by atoms with Crippen LogP contribution in [0.15, 0.2) is 0 Å². The molecule has 2 unspecified atom stereocenters. The Labute approximate surface area is 89.4 Å². The fraction of sp³-hybridized carbons (Fsp3) is 0.800. The molecule has 5 nitrogen and oxygen atoms in total. The first kappa shape index (κ1) is 10.4. The maximum atomic E-state index is 11.8. The monoisotopic (exact) mass is 211 g/mol. The molecule has 0 bridgehead atoms. The average Bonchev–Trinajstić information content (AvgIpc) is 2.73. The van der Waals surface area contributed by atoms with Gasteiger partial charge in [-0.25, -0.2) is 0 Å². The van der Waals surface area contributed by atoms with Crippen LogP contribution in [0, 0.1) is 0 Å². The fourth-order valence-corrected chi connectivity index (χ4v) is 2.18. The normalized spacial score (nSPS) is 32.7. The van der Waals surface area contributed by atoms with Gasteiger partial charge in [0.25, 0.3) is 0 Å². The highest BCUT2D eigenvalue weighted by atomic mass is 16.2. The van der Waals surface area contributed by atoms with Crippen LogP contribution >= 0.6 is 0 Å². The summed E-state index contributed by atoms with van der Waals surface area (Å²) in [5.74, 6) is -0.718. The van der Waals surface area contributed by atoms with Crippen LogP contribution < -0.4 is 5.32 Å². The summed E-state index contributed by atoms with van der Waals surface area (Å²) in [6.07, 6.45) is 0.954. The second-order valence-corrected chi connectivity index (χ2v) is 4.37. The standard InChI is InChI=1S/C10H17N3O2/c1-7-6-13(8-3-4-11-5-8)10(15)9(14)12(7)2/h7-8,11H,3-6H2,1-2H3. The lowest BCUT2D eigenvalue weighted by Crippen LogP contribution is -2.60. The minimum Gasteiger partial charge on any atom is -0.333 e. The van der Waals surface area contributed by atoms with E-state index in [4.69, 9.17) is 0 Å². The van der Waals surface area contributed by atoms with Crippen LogP contribution in [-0.4, -0.2) is 60.4 Å². The van der Waals surface area contributed by atoms with Crippen molar-refractivity contribution in [3.63, 3.8) is 0 Å². The molecule has 2 rings (SSSR count). The molecule has 84 valence electrons. The largest absolute Gasteiger partial charge is 0.333 e. The van der Waals surface area contributed by atoms with Crippen molar-refractivity contribution in [1.29, 1.82) is 0 Å². The van der Waals surface area contributed by atoms with E-state index in [0.29, 0.717) is 6.54 Å². The molecule has 0 spiro atoms. The Morgan fingerprint density at radius 3 is 2.67 bits per heavy atom. The van der Waals surface area contributed by atoms with Crippen LogP contribution in [-0.2, 0) is 9.59 Å². The van der Waals surface area contributed by atoms with Gasteiger partial charge in [-0.3, -0.25) is 9.59 Å². The molecule has 2 heterocycles. The summed E-state index contributed by atoms with van der Waals surface area (Å²) in [7, 11) is 1.69. The van der Waals surface area contributed by atoms with Crippen molar-refractivity contribution in [2.45, 2.75) is 25.4 Å². The molecule has 0 aromatic carbocycles. The molecule has 2 fully saturated rings. The highest BCUT2D eigenvalue weighted by molar-refractivity contribution is 6.35. The van der Waals surface area contributed by atoms with Crippen LogP contribution in [0.3, 0.4) is 0 Å². The molecule has 0 aliphatic carbocycles. The average molecular weight is 211 g/mol. The van der Waals surface area contributed by atoms with Crippen LogP contribution in [0.1, 0.15) is 13.3 Å². The molecule has 2 aliphatic heterocycles. The number of nitrogens with zero attached hydrogens (tertiary/aromatic N) is 2. The van der Waals surface area contributed by atoms with Gasteiger partial charge in [-0.05, 0) is 19.9 Å². The number of nitrogens with one attached hydrogen (secondary N) is 1. The molecule has 5 heteroatoms. The van der Waals surface area contributed by atoms with Gasteiger partial charge in [-0.15, -0.1) is 0 Å². The van der Waals surface area contributed by atoms with Gasteiger partial charge in [0.15, 0.2) is 0 Å². The molecule has 2 saturated heterocycles. The minimum absolute atomic E-state index is 0.121. The first-order valence-corrected chi connectivity index (χ1v) is 5.39. The van der Waals surface area contributed by atoms with E-state index in [1.807, 2.05) is 6.92 Å². The third kappa shape index (κ3) is 1.71. The van der Waals surface area contributed by atoms with Gasteiger partial charge in [-0.2, -0.15) is 0 Å². The van der Waals surface area contributed by atoms with Crippen molar-refractivity contribution in [2.24, 2.45) is 0 Å². The van der Waals surface area contributed by atoms with E-state index >= 15 is 0 Å². The number of hydrogen-bond donors (Lipinski definition) is 1. The zero-order chi connectivity index (χ0) is 11.0. The molecule has 15 heavy (non-hydrogen) atoms. The summed E-state index contributed by atoms with van der Waals surface area (Å²) >= 11 is 0. The molecule has 0 radical (unpaired) electrons. The Balaban J connectivity index is 2.12. The molecular weight excluding hydrogens is 194 g/mol. The zero-order valence-corrected chi connectivity index (χ0v) is 9.19. The molecule has 0 saturated carbocycles. The number of carbonyl (C=O) groups excluding carboxylic acids is 2. The van der Waals surface area contributed by atoms with Gasteiger partial charge in [-0.1, -0.05) is 0 Å². The van der Waals surface area contributed by atoms with Crippen molar-refractivity contribution >= 4 is 11.8 Å². The number of hydrogen-bond acceptors (Lipinski definition) is 3. The number of amides is 2. The highest BCUT2D eigenvalue weighted by Crippen LogP contribution is 2.16. The number of carbonyl (C=O) groups is 2. The van der Waals surface area contributed by atoms with E-state index in [-0.39, 0.29) is 23.9 Å². The molecule has 0 aromatic heterocycles. The highest BCUT2D eigenvalue weighted by Gasteiger charge is 2.38. The van der Waals surface area contributed by atoms with E-state index in [1.54, 1.807) is 11.9 Å². The third-order valence-electron chi connectivity index (χ3n) is 3.36. The van der Waals surface area contributed by atoms with E-state index in [2.05, 4.69) is 5.32 Å². The molecule has 2 aliphatic rings. The SMILES string of the molecule is CC1CN(C2CCNC2)C(=O)C(=O)N1C. The molecule has 0 aromatic rings. The topological polar surface area (TPSA) is 52.7 Å². The Morgan fingerprint density at radius 1 is 1.33 bits per heavy atom. The Kier molecular flexibility index (Phi) is 2.65. The van der Waals surface area contributed by atoms with Gasteiger partial charge in [0.1, 0.15) is 0 Å². The Bertz CT molecular complexity index is 286. The predicted octanol–water partition coefficient (Wildman–Crippen LogP) is -0.963. The maximum absolute atomic E-state index is 11.8. The summed E-state index contributed by atoms with van der Waals surface area (Å²) in [6.45, 7) is 4.38. The first-order valence-electron chi connectivity index (χ1n) is 5.39. The summed E-state index contributed by atoms with van der Waals surface area (Å²) in [5, 5.41) is 3.21. The van der Waals surface area contributed by atoms with Crippen molar-refractivity contribution in [1.82, 2.24) is 15.1 Å². The van der Waals surface area contributed by atoms with Gasteiger partial charge in [0.2, 0.25) is 0 Å². The quantitative estimate of drug-likeness (QED) is 0.568. The van der Waals surface area contributed by atoms with E-state index < -0.39 is 0 Å². The van der Waals surface area contributed by atoms with Crippen LogP contribution in [0.4, 0.5) is 0 Å². The molecular formula is C10H17N3O2. The van der Waals surface area contributed by atoms with Gasteiger partial charge < -0.3 is 15.1 Å².